The molecule has 1 N–H and O–H groups in total. The van der Waals surface area contributed by atoms with Gasteiger partial charge in [-0.1, -0.05) is 23.7 Å². The molecule has 0 amide bonds. The monoisotopic (exact) mass is 244 g/mol. The fourth-order valence-electron chi connectivity index (χ4n) is 2.19. The van der Waals surface area contributed by atoms with Crippen LogP contribution in [0.25, 0.3) is 0 Å². The fourth-order valence-corrected chi connectivity index (χ4v) is 2.19. The molecule has 1 heterocycles. The van der Waals surface area contributed by atoms with Gasteiger partial charge in [-0.3, -0.25) is 0 Å². The molecule has 1 atom stereocenters. The van der Waals surface area contributed by atoms with E-state index in [0.29, 0.717) is 11.8 Å². The molecule has 1 aliphatic carbocycles. The molecule has 1 aliphatic rings. The Hall–Kier alpha value is -1.84. The number of nitrogens with zero attached hydrogens (tertiary/aromatic N) is 2. The lowest BCUT2D eigenvalue weighted by Gasteiger charge is -2.21. The minimum absolute atomic E-state index is 0.0124. The summed E-state index contributed by atoms with van der Waals surface area (Å²) in [6.07, 6.45) is 3.59. The van der Waals surface area contributed by atoms with Crippen LogP contribution >= 0.6 is 0 Å². The highest BCUT2D eigenvalue weighted by molar-refractivity contribution is 5.31. The van der Waals surface area contributed by atoms with Crippen LogP contribution in [-0.2, 0) is 0 Å². The second kappa shape index (κ2) is 4.44. The lowest BCUT2D eigenvalue weighted by Crippen LogP contribution is -2.10. The van der Waals surface area contributed by atoms with Gasteiger partial charge in [0.15, 0.2) is 5.82 Å². The second-order valence-corrected chi connectivity index (χ2v) is 4.94. The number of phenols is 1. The zero-order valence-corrected chi connectivity index (χ0v) is 10.3. The SMILES string of the molecule is CC(c1cccc(O)c1)c1nc(C2CCC2)no1. The summed E-state index contributed by atoms with van der Waals surface area (Å²) in [5, 5.41) is 13.5. The molecule has 3 rings (SSSR count). The average molecular weight is 244 g/mol. The van der Waals surface area contributed by atoms with E-state index in [-0.39, 0.29) is 11.7 Å². The molecule has 2 aromatic rings. The van der Waals surface area contributed by atoms with Crippen LogP contribution in [0.2, 0.25) is 0 Å². The molecule has 4 nitrogen and oxygen atoms in total. The zero-order valence-electron chi connectivity index (χ0n) is 10.3. The van der Waals surface area contributed by atoms with E-state index in [2.05, 4.69) is 10.1 Å². The standard InChI is InChI=1S/C14H16N2O2/c1-9(11-6-3-7-12(17)8-11)14-15-13(16-18-14)10-4-2-5-10/h3,6-10,17H,2,4-5H2,1H3. The van der Waals surface area contributed by atoms with Gasteiger partial charge in [0.1, 0.15) is 5.75 Å². The lowest BCUT2D eigenvalue weighted by molar-refractivity contribution is 0.343. The first kappa shape index (κ1) is 11.3. The van der Waals surface area contributed by atoms with Crippen LogP contribution in [0, 0.1) is 0 Å². The number of aromatic hydroxyl groups is 1. The fraction of sp³-hybridized carbons (Fsp3) is 0.429. The van der Waals surface area contributed by atoms with Crippen molar-refractivity contribution in [2.45, 2.75) is 38.0 Å². The summed E-state index contributed by atoms with van der Waals surface area (Å²) in [7, 11) is 0. The van der Waals surface area contributed by atoms with E-state index < -0.39 is 0 Å². The summed E-state index contributed by atoms with van der Waals surface area (Å²) in [5.41, 5.74) is 0.985. The maximum absolute atomic E-state index is 9.48. The van der Waals surface area contributed by atoms with E-state index in [1.54, 1.807) is 12.1 Å². The van der Waals surface area contributed by atoms with E-state index in [1.165, 1.54) is 19.3 Å². The molecular weight excluding hydrogens is 228 g/mol. The largest absolute Gasteiger partial charge is 0.508 e. The average Bonchev–Trinajstić information content (AvgIpc) is 2.75. The summed E-state index contributed by atoms with van der Waals surface area (Å²) >= 11 is 0. The topological polar surface area (TPSA) is 59.2 Å². The van der Waals surface area contributed by atoms with Crippen molar-refractivity contribution in [3.63, 3.8) is 0 Å². The molecule has 94 valence electrons. The molecule has 1 aromatic carbocycles. The van der Waals surface area contributed by atoms with Crippen molar-refractivity contribution in [1.82, 2.24) is 10.1 Å². The molecule has 1 aromatic heterocycles. The van der Waals surface area contributed by atoms with Gasteiger partial charge in [0, 0.05) is 5.92 Å². The number of rotatable bonds is 3. The van der Waals surface area contributed by atoms with Crippen LogP contribution in [0.1, 0.15) is 55.3 Å². The molecule has 0 saturated heterocycles. The van der Waals surface area contributed by atoms with E-state index in [1.807, 2.05) is 19.1 Å². The van der Waals surface area contributed by atoms with Crippen LogP contribution in [0.15, 0.2) is 28.8 Å². The Kier molecular flexibility index (Phi) is 2.78. The van der Waals surface area contributed by atoms with E-state index in [0.717, 1.165) is 11.4 Å². The van der Waals surface area contributed by atoms with E-state index in [4.69, 9.17) is 4.52 Å². The van der Waals surface area contributed by atoms with Crippen LogP contribution in [0.5, 0.6) is 5.75 Å². The van der Waals surface area contributed by atoms with Crippen molar-refractivity contribution in [3.05, 3.63) is 41.5 Å². The van der Waals surface area contributed by atoms with E-state index >= 15 is 0 Å². The third kappa shape index (κ3) is 1.98. The van der Waals surface area contributed by atoms with Gasteiger partial charge in [0.05, 0.1) is 5.92 Å². The molecule has 0 spiro atoms. The molecule has 0 aliphatic heterocycles. The first-order chi connectivity index (χ1) is 8.74. The molecule has 0 radical (unpaired) electrons. The van der Waals surface area contributed by atoms with Gasteiger partial charge < -0.3 is 9.63 Å². The number of phenolic OH excluding ortho intramolecular Hbond substituents is 1. The molecule has 1 unspecified atom stereocenters. The molecular formula is C14H16N2O2. The van der Waals surface area contributed by atoms with Crippen molar-refractivity contribution in [3.8, 4) is 5.75 Å². The van der Waals surface area contributed by atoms with Crippen LogP contribution in [-0.4, -0.2) is 15.2 Å². The highest BCUT2D eigenvalue weighted by Crippen LogP contribution is 2.35. The first-order valence-electron chi connectivity index (χ1n) is 6.36. The number of aromatic nitrogens is 2. The quantitative estimate of drug-likeness (QED) is 0.900. The minimum Gasteiger partial charge on any atom is -0.508 e. The van der Waals surface area contributed by atoms with Gasteiger partial charge in [-0.15, -0.1) is 0 Å². The smallest absolute Gasteiger partial charge is 0.233 e. The Labute approximate surface area is 106 Å². The van der Waals surface area contributed by atoms with Crippen LogP contribution in [0.4, 0.5) is 0 Å². The lowest BCUT2D eigenvalue weighted by atomic mass is 9.85. The Morgan fingerprint density at radius 2 is 2.22 bits per heavy atom. The van der Waals surface area contributed by atoms with Gasteiger partial charge in [0.2, 0.25) is 5.89 Å². The number of hydrogen-bond acceptors (Lipinski definition) is 4. The Balaban J connectivity index is 1.83. The van der Waals surface area contributed by atoms with Gasteiger partial charge in [-0.25, -0.2) is 0 Å². The van der Waals surface area contributed by atoms with Gasteiger partial charge >= 0.3 is 0 Å². The summed E-state index contributed by atoms with van der Waals surface area (Å²) in [4.78, 5) is 4.48. The van der Waals surface area contributed by atoms with Crippen molar-refractivity contribution in [2.24, 2.45) is 0 Å². The summed E-state index contributed by atoms with van der Waals surface area (Å²) in [5.74, 6) is 2.22. The third-order valence-corrected chi connectivity index (χ3v) is 3.67. The maximum atomic E-state index is 9.48. The Morgan fingerprint density at radius 3 is 2.89 bits per heavy atom. The third-order valence-electron chi connectivity index (χ3n) is 3.67. The highest BCUT2D eigenvalue weighted by atomic mass is 16.5. The predicted octanol–water partition coefficient (Wildman–Crippen LogP) is 3.19. The van der Waals surface area contributed by atoms with Gasteiger partial charge in [-0.05, 0) is 37.5 Å². The predicted molar refractivity (Wildman–Crippen MR) is 66.5 cm³/mol. The summed E-state index contributed by atoms with van der Waals surface area (Å²) < 4.78 is 5.33. The first-order valence-corrected chi connectivity index (χ1v) is 6.36. The van der Waals surface area contributed by atoms with E-state index in [9.17, 15) is 5.11 Å². The normalized spacial score (nSPS) is 17.4. The maximum Gasteiger partial charge on any atom is 0.233 e. The molecule has 4 heteroatoms. The van der Waals surface area contributed by atoms with Crippen molar-refractivity contribution < 1.29 is 9.63 Å². The van der Waals surface area contributed by atoms with Crippen molar-refractivity contribution in [1.29, 1.82) is 0 Å². The number of hydrogen-bond donors (Lipinski definition) is 1. The molecule has 1 fully saturated rings. The summed E-state index contributed by atoms with van der Waals surface area (Å²) in [6, 6.07) is 7.17. The Bertz CT molecular complexity index is 546. The zero-order chi connectivity index (χ0) is 12.5. The Morgan fingerprint density at radius 1 is 1.39 bits per heavy atom. The van der Waals surface area contributed by atoms with Crippen molar-refractivity contribution in [2.75, 3.05) is 0 Å². The molecule has 18 heavy (non-hydrogen) atoms. The van der Waals surface area contributed by atoms with Gasteiger partial charge in [-0.2, -0.15) is 4.98 Å². The van der Waals surface area contributed by atoms with Crippen LogP contribution < -0.4 is 0 Å². The second-order valence-electron chi connectivity index (χ2n) is 4.94. The highest BCUT2D eigenvalue weighted by Gasteiger charge is 2.26. The number of benzene rings is 1. The van der Waals surface area contributed by atoms with Crippen LogP contribution in [0.3, 0.4) is 0 Å². The van der Waals surface area contributed by atoms with Gasteiger partial charge in [0.25, 0.3) is 0 Å². The minimum atomic E-state index is 0.0124. The molecule has 1 saturated carbocycles. The van der Waals surface area contributed by atoms with Crippen molar-refractivity contribution >= 4 is 0 Å². The molecule has 0 bridgehead atoms. The summed E-state index contributed by atoms with van der Waals surface area (Å²) in [6.45, 7) is 2.01.